The van der Waals surface area contributed by atoms with E-state index in [1.54, 1.807) is 0 Å². The minimum atomic E-state index is -0.783. The van der Waals surface area contributed by atoms with E-state index in [0.29, 0.717) is 19.3 Å². The molecule has 0 N–H and O–H groups in total. The highest BCUT2D eigenvalue weighted by molar-refractivity contribution is 5.71. The molecule has 0 heterocycles. The molecule has 454 valence electrons. The topological polar surface area (TPSA) is 78.9 Å². The molecule has 0 rings (SSSR count). The normalized spacial score (nSPS) is 12.4. The highest BCUT2D eigenvalue weighted by atomic mass is 16.6. The van der Waals surface area contributed by atoms with E-state index in [2.05, 4.69) is 81.5 Å². The third-order valence-corrected chi connectivity index (χ3v) is 15.3. The summed E-state index contributed by atoms with van der Waals surface area (Å²) in [6, 6.07) is 0. The van der Waals surface area contributed by atoms with Gasteiger partial charge in [-0.1, -0.05) is 319 Å². The Labute approximate surface area is 485 Å². The Balaban J connectivity index is 4.30. The third kappa shape index (κ3) is 63.9. The Kier molecular flexibility index (Phi) is 64.2. The monoisotopic (exact) mass is 1090 g/mol. The van der Waals surface area contributed by atoms with Crippen molar-refractivity contribution in [2.24, 2.45) is 0 Å². The van der Waals surface area contributed by atoms with Crippen LogP contribution in [0.4, 0.5) is 0 Å². The molecule has 0 bridgehead atoms. The molecule has 0 spiro atoms. The second kappa shape index (κ2) is 66.6. The molecule has 0 radical (unpaired) electrons. The Hall–Kier alpha value is -2.89. The number of carbonyl (C=O) groups is 3. The summed E-state index contributed by atoms with van der Waals surface area (Å²) >= 11 is 0. The fourth-order valence-corrected chi connectivity index (χ4v) is 10.1. The van der Waals surface area contributed by atoms with Gasteiger partial charge in [0.25, 0.3) is 0 Å². The van der Waals surface area contributed by atoms with Crippen LogP contribution in [0.3, 0.4) is 0 Å². The molecule has 0 aliphatic carbocycles. The quantitative estimate of drug-likeness (QED) is 0.0261. The van der Waals surface area contributed by atoms with Crippen molar-refractivity contribution in [1.82, 2.24) is 0 Å². The summed E-state index contributed by atoms with van der Waals surface area (Å²) in [5, 5.41) is 0. The van der Waals surface area contributed by atoms with Crippen LogP contribution >= 0.6 is 0 Å². The highest BCUT2D eigenvalue weighted by Gasteiger charge is 2.19. The van der Waals surface area contributed by atoms with Crippen LogP contribution in [0.1, 0.15) is 361 Å². The molecule has 78 heavy (non-hydrogen) atoms. The van der Waals surface area contributed by atoms with Crippen molar-refractivity contribution in [1.29, 1.82) is 0 Å². The molecule has 0 aromatic heterocycles. The van der Waals surface area contributed by atoms with Crippen molar-refractivity contribution in [2.45, 2.75) is 367 Å². The van der Waals surface area contributed by atoms with Crippen LogP contribution in [0.5, 0.6) is 0 Å². The number of hydrogen-bond donors (Lipinski definition) is 0. The van der Waals surface area contributed by atoms with Crippen LogP contribution < -0.4 is 0 Å². The Morgan fingerprint density at radius 3 is 0.795 bits per heavy atom. The lowest BCUT2D eigenvalue weighted by atomic mass is 10.0. The highest BCUT2D eigenvalue weighted by Crippen LogP contribution is 2.18. The lowest BCUT2D eigenvalue weighted by Crippen LogP contribution is -2.30. The molecule has 0 aromatic rings. The van der Waals surface area contributed by atoms with Crippen LogP contribution in [0.25, 0.3) is 0 Å². The average Bonchev–Trinajstić information content (AvgIpc) is 3.44. The van der Waals surface area contributed by atoms with Crippen molar-refractivity contribution >= 4 is 17.9 Å². The van der Waals surface area contributed by atoms with Gasteiger partial charge in [0.2, 0.25) is 0 Å². The maximum absolute atomic E-state index is 12.9. The third-order valence-electron chi connectivity index (χ3n) is 15.3. The van der Waals surface area contributed by atoms with E-state index in [4.69, 9.17) is 14.2 Å². The summed E-state index contributed by atoms with van der Waals surface area (Å²) in [6.45, 7) is 6.56. The van der Waals surface area contributed by atoms with E-state index < -0.39 is 6.10 Å². The van der Waals surface area contributed by atoms with E-state index in [1.807, 2.05) is 0 Å². The number of carbonyl (C=O) groups excluding carboxylic acids is 3. The van der Waals surface area contributed by atoms with Gasteiger partial charge in [0.1, 0.15) is 13.2 Å². The van der Waals surface area contributed by atoms with Crippen LogP contribution in [-0.4, -0.2) is 37.2 Å². The van der Waals surface area contributed by atoms with Gasteiger partial charge in [0, 0.05) is 19.3 Å². The first-order valence-electron chi connectivity index (χ1n) is 34.3. The van der Waals surface area contributed by atoms with Crippen LogP contribution in [0.15, 0.2) is 60.8 Å². The molecule has 6 heteroatoms. The molecule has 0 amide bonds. The average molecular weight is 1090 g/mol. The van der Waals surface area contributed by atoms with E-state index in [1.165, 1.54) is 225 Å². The number of rotatable bonds is 63. The lowest BCUT2D eigenvalue weighted by molar-refractivity contribution is -0.167. The van der Waals surface area contributed by atoms with Crippen molar-refractivity contribution in [3.63, 3.8) is 0 Å². The molecule has 6 nitrogen and oxygen atoms in total. The number of allylic oxidation sites excluding steroid dienone is 10. The minimum absolute atomic E-state index is 0.0773. The molecule has 0 aliphatic heterocycles. The van der Waals surface area contributed by atoms with E-state index in [-0.39, 0.29) is 31.1 Å². The van der Waals surface area contributed by atoms with Gasteiger partial charge < -0.3 is 14.2 Å². The lowest BCUT2D eigenvalue weighted by Gasteiger charge is -2.18. The Morgan fingerprint density at radius 1 is 0.269 bits per heavy atom. The van der Waals surface area contributed by atoms with Gasteiger partial charge in [-0.3, -0.25) is 14.4 Å². The molecule has 1 atom stereocenters. The zero-order chi connectivity index (χ0) is 56.4. The molecule has 0 saturated carbocycles. The number of hydrogen-bond acceptors (Lipinski definition) is 6. The van der Waals surface area contributed by atoms with Gasteiger partial charge in [-0.25, -0.2) is 0 Å². The maximum atomic E-state index is 12.9. The SMILES string of the molecule is CC/C=C\C/C=C\C/C=C\CCCCCCCCCC(=O)OCC(COC(=O)CCCCCCCCCCCCCCCCCCCCCCCCCCC)OC(=O)CCCCCCCCC/C=C\C/C=C\CCCCCC. The first-order valence-corrected chi connectivity index (χ1v) is 34.3. The summed E-state index contributed by atoms with van der Waals surface area (Å²) in [6.07, 6.45) is 85.3. The zero-order valence-electron chi connectivity index (χ0n) is 52.2. The fourth-order valence-electron chi connectivity index (χ4n) is 10.1. The number of ether oxygens (including phenoxy) is 3. The molecule has 0 aliphatic rings. The molecular formula is C72H130O6. The molecule has 0 fully saturated rings. The van der Waals surface area contributed by atoms with Crippen molar-refractivity contribution in [3.8, 4) is 0 Å². The number of esters is 3. The zero-order valence-corrected chi connectivity index (χ0v) is 52.2. The summed E-state index contributed by atoms with van der Waals surface area (Å²) in [5.41, 5.74) is 0. The van der Waals surface area contributed by atoms with Gasteiger partial charge >= 0.3 is 17.9 Å². The Morgan fingerprint density at radius 2 is 0.500 bits per heavy atom. The molecule has 0 aromatic carbocycles. The van der Waals surface area contributed by atoms with Gasteiger partial charge in [0.05, 0.1) is 0 Å². The van der Waals surface area contributed by atoms with Crippen LogP contribution in [0.2, 0.25) is 0 Å². The molecule has 1 unspecified atom stereocenters. The summed E-state index contributed by atoms with van der Waals surface area (Å²) in [5.74, 6) is -0.873. The summed E-state index contributed by atoms with van der Waals surface area (Å²) in [7, 11) is 0. The van der Waals surface area contributed by atoms with Crippen LogP contribution in [0, 0.1) is 0 Å². The summed E-state index contributed by atoms with van der Waals surface area (Å²) < 4.78 is 17.0. The predicted octanol–water partition coefficient (Wildman–Crippen LogP) is 23.5. The largest absolute Gasteiger partial charge is 0.462 e. The van der Waals surface area contributed by atoms with E-state index in [9.17, 15) is 14.4 Å². The van der Waals surface area contributed by atoms with Crippen molar-refractivity contribution < 1.29 is 28.6 Å². The van der Waals surface area contributed by atoms with E-state index in [0.717, 1.165) is 96.3 Å². The predicted molar refractivity (Wildman–Crippen MR) is 339 cm³/mol. The fraction of sp³-hybridized carbons (Fsp3) is 0.819. The minimum Gasteiger partial charge on any atom is -0.462 e. The van der Waals surface area contributed by atoms with Crippen molar-refractivity contribution in [2.75, 3.05) is 13.2 Å². The standard InChI is InChI=1S/C72H130O6/c1-4-7-10-13-16-19-22-25-28-31-33-34-35-36-37-38-39-42-44-47-50-53-56-59-62-65-71(74)77-68-69(67-76-70(73)64-61-58-55-52-49-46-43-40-30-27-24-21-18-15-12-9-6-3)78-72(75)66-63-60-57-54-51-48-45-41-32-29-26-23-20-17-14-11-8-5-2/h9,12,18,20-21,23,27,29-30,32,69H,4-8,10-11,13-17,19,22,24-26,28,31,33-68H2,1-3H3/b12-9-,21-18-,23-20-,30-27-,32-29-. The van der Waals surface area contributed by atoms with Gasteiger partial charge in [-0.2, -0.15) is 0 Å². The second-order valence-corrected chi connectivity index (χ2v) is 23.1. The molecule has 0 saturated heterocycles. The Bertz CT molecular complexity index is 1390. The molecular weight excluding hydrogens is 961 g/mol. The summed E-state index contributed by atoms with van der Waals surface area (Å²) in [4.78, 5) is 38.4. The maximum Gasteiger partial charge on any atom is 0.306 e. The smallest absolute Gasteiger partial charge is 0.306 e. The van der Waals surface area contributed by atoms with Gasteiger partial charge in [0.15, 0.2) is 6.10 Å². The number of unbranched alkanes of at least 4 members (excludes halogenated alkanes) is 42. The van der Waals surface area contributed by atoms with E-state index >= 15 is 0 Å². The van der Waals surface area contributed by atoms with Crippen molar-refractivity contribution in [3.05, 3.63) is 60.8 Å². The first-order chi connectivity index (χ1) is 38.5. The van der Waals surface area contributed by atoms with Crippen LogP contribution in [-0.2, 0) is 28.6 Å². The van der Waals surface area contributed by atoms with Gasteiger partial charge in [-0.05, 0) is 83.5 Å². The van der Waals surface area contributed by atoms with Gasteiger partial charge in [-0.15, -0.1) is 0 Å². The second-order valence-electron chi connectivity index (χ2n) is 23.1. The first kappa shape index (κ1) is 75.1.